The van der Waals surface area contributed by atoms with Crippen molar-refractivity contribution in [3.8, 4) is 0 Å². The Labute approximate surface area is 136 Å². The van der Waals surface area contributed by atoms with Gasteiger partial charge >= 0.3 is 0 Å². The predicted octanol–water partition coefficient (Wildman–Crippen LogP) is 6.46. The van der Waals surface area contributed by atoms with Crippen LogP contribution in [0.15, 0.2) is 40.9 Å². The number of halogens is 4. The van der Waals surface area contributed by atoms with Crippen molar-refractivity contribution in [3.63, 3.8) is 0 Å². The molecule has 0 spiro atoms. The van der Waals surface area contributed by atoms with E-state index >= 15 is 0 Å². The van der Waals surface area contributed by atoms with Gasteiger partial charge in [0, 0.05) is 4.47 Å². The number of rotatable bonds is 4. The minimum atomic E-state index is -0.294. The minimum absolute atomic E-state index is 0.0435. The summed E-state index contributed by atoms with van der Waals surface area (Å²) in [6.45, 7) is 2.02. The van der Waals surface area contributed by atoms with Crippen molar-refractivity contribution in [2.45, 2.75) is 19.4 Å². The highest BCUT2D eigenvalue weighted by molar-refractivity contribution is 9.10. The van der Waals surface area contributed by atoms with E-state index in [-0.39, 0.29) is 11.9 Å². The molecule has 0 aliphatic rings. The molecule has 1 nitrogen and oxygen atoms in total. The summed E-state index contributed by atoms with van der Waals surface area (Å²) in [5.74, 6) is -0.294. The van der Waals surface area contributed by atoms with Crippen LogP contribution in [0.3, 0.4) is 0 Å². The van der Waals surface area contributed by atoms with Gasteiger partial charge in [-0.1, -0.05) is 42.3 Å². The monoisotopic (exact) mass is 375 g/mol. The Balaban J connectivity index is 2.31. The minimum Gasteiger partial charge on any atom is -0.375 e. The average Bonchev–Trinajstić information content (AvgIpc) is 2.42. The Kier molecular flexibility index (Phi) is 5.30. The van der Waals surface area contributed by atoms with Gasteiger partial charge in [0.15, 0.2) is 0 Å². The highest BCUT2D eigenvalue weighted by Gasteiger charge is 2.14. The van der Waals surface area contributed by atoms with Crippen molar-refractivity contribution in [2.75, 3.05) is 5.32 Å². The van der Waals surface area contributed by atoms with Crippen molar-refractivity contribution in [1.29, 1.82) is 0 Å². The first-order chi connectivity index (χ1) is 9.52. The van der Waals surface area contributed by atoms with E-state index in [1.807, 2.05) is 13.0 Å². The molecule has 1 atom stereocenters. The molecule has 0 fully saturated rings. The highest BCUT2D eigenvalue weighted by Crippen LogP contribution is 2.32. The molecule has 106 valence electrons. The van der Waals surface area contributed by atoms with Crippen LogP contribution in [-0.4, -0.2) is 0 Å². The molecule has 0 aliphatic carbocycles. The second-order valence-electron chi connectivity index (χ2n) is 4.38. The average molecular weight is 377 g/mol. The molecule has 0 amide bonds. The second kappa shape index (κ2) is 6.79. The molecule has 2 rings (SSSR count). The lowest BCUT2D eigenvalue weighted by atomic mass is 10.0. The standard InChI is InChI=1S/C15H13BrCl2FN/c1-2-14(9-6-7-11(17)12(18)8-9)20-15-10(16)4-3-5-13(15)19/h3-8,14,20H,2H2,1H3. The van der Waals surface area contributed by atoms with Crippen LogP contribution in [0.2, 0.25) is 10.0 Å². The lowest BCUT2D eigenvalue weighted by molar-refractivity contribution is 0.623. The van der Waals surface area contributed by atoms with Gasteiger partial charge in [0.25, 0.3) is 0 Å². The van der Waals surface area contributed by atoms with E-state index in [4.69, 9.17) is 23.2 Å². The lowest BCUT2D eigenvalue weighted by Crippen LogP contribution is -2.11. The summed E-state index contributed by atoms with van der Waals surface area (Å²) >= 11 is 15.3. The predicted molar refractivity (Wildman–Crippen MR) is 87.2 cm³/mol. The number of para-hydroxylation sites is 1. The normalized spacial score (nSPS) is 12.2. The van der Waals surface area contributed by atoms with Crippen LogP contribution in [0.25, 0.3) is 0 Å². The number of benzene rings is 2. The summed E-state index contributed by atoms with van der Waals surface area (Å²) in [6.07, 6.45) is 0.790. The first kappa shape index (κ1) is 15.6. The van der Waals surface area contributed by atoms with Crippen molar-refractivity contribution < 1.29 is 4.39 Å². The molecule has 5 heteroatoms. The van der Waals surface area contributed by atoms with E-state index < -0.39 is 0 Å². The molecule has 0 saturated heterocycles. The van der Waals surface area contributed by atoms with Crippen LogP contribution in [-0.2, 0) is 0 Å². The maximum atomic E-state index is 13.9. The van der Waals surface area contributed by atoms with Gasteiger partial charge in [-0.3, -0.25) is 0 Å². The van der Waals surface area contributed by atoms with E-state index in [0.29, 0.717) is 20.2 Å². The van der Waals surface area contributed by atoms with Crippen molar-refractivity contribution >= 4 is 44.8 Å². The molecule has 0 saturated carbocycles. The number of anilines is 1. The molecular formula is C15H13BrCl2FN. The zero-order valence-corrected chi connectivity index (χ0v) is 13.9. The fourth-order valence-electron chi connectivity index (χ4n) is 1.96. The Morgan fingerprint density at radius 3 is 2.55 bits per heavy atom. The third-order valence-corrected chi connectivity index (χ3v) is 4.44. The van der Waals surface area contributed by atoms with E-state index in [0.717, 1.165) is 12.0 Å². The highest BCUT2D eigenvalue weighted by atomic mass is 79.9. The lowest BCUT2D eigenvalue weighted by Gasteiger charge is -2.20. The van der Waals surface area contributed by atoms with Crippen LogP contribution < -0.4 is 5.32 Å². The summed E-state index contributed by atoms with van der Waals surface area (Å²) in [5.41, 5.74) is 1.42. The SMILES string of the molecule is CCC(Nc1c(F)cccc1Br)c1ccc(Cl)c(Cl)c1. The number of nitrogens with one attached hydrogen (secondary N) is 1. The van der Waals surface area contributed by atoms with E-state index in [2.05, 4.69) is 21.2 Å². The molecule has 2 aromatic carbocycles. The van der Waals surface area contributed by atoms with Crippen LogP contribution >= 0.6 is 39.1 Å². The third-order valence-electron chi connectivity index (χ3n) is 3.04. The fourth-order valence-corrected chi connectivity index (χ4v) is 2.72. The van der Waals surface area contributed by atoms with Gasteiger partial charge in [-0.2, -0.15) is 0 Å². The van der Waals surface area contributed by atoms with Crippen molar-refractivity contribution in [2.24, 2.45) is 0 Å². The van der Waals surface area contributed by atoms with Crippen LogP contribution in [0.1, 0.15) is 24.9 Å². The zero-order valence-electron chi connectivity index (χ0n) is 10.8. The molecule has 0 radical (unpaired) electrons. The fraction of sp³-hybridized carbons (Fsp3) is 0.200. The molecule has 2 aromatic rings. The summed E-state index contributed by atoms with van der Waals surface area (Å²) in [6, 6.07) is 10.3. The van der Waals surface area contributed by atoms with Gasteiger partial charge in [0.2, 0.25) is 0 Å². The van der Waals surface area contributed by atoms with Gasteiger partial charge in [-0.25, -0.2) is 4.39 Å². The molecular weight excluding hydrogens is 364 g/mol. The van der Waals surface area contributed by atoms with E-state index in [1.165, 1.54) is 6.07 Å². The van der Waals surface area contributed by atoms with Gasteiger partial charge < -0.3 is 5.32 Å². The smallest absolute Gasteiger partial charge is 0.147 e. The quantitative estimate of drug-likeness (QED) is 0.645. The Morgan fingerprint density at radius 1 is 1.20 bits per heavy atom. The topological polar surface area (TPSA) is 12.0 Å². The zero-order chi connectivity index (χ0) is 14.7. The Hall–Kier alpha value is -0.770. The van der Waals surface area contributed by atoms with Gasteiger partial charge in [0.1, 0.15) is 5.82 Å². The van der Waals surface area contributed by atoms with E-state index in [1.54, 1.807) is 24.3 Å². The molecule has 20 heavy (non-hydrogen) atoms. The largest absolute Gasteiger partial charge is 0.375 e. The Morgan fingerprint density at radius 2 is 1.95 bits per heavy atom. The van der Waals surface area contributed by atoms with Gasteiger partial charge in [-0.15, -0.1) is 0 Å². The molecule has 0 aliphatic heterocycles. The molecule has 1 N–H and O–H groups in total. The second-order valence-corrected chi connectivity index (χ2v) is 6.04. The van der Waals surface area contributed by atoms with Crippen molar-refractivity contribution in [1.82, 2.24) is 0 Å². The van der Waals surface area contributed by atoms with Crippen LogP contribution in [0.5, 0.6) is 0 Å². The number of hydrogen-bond donors (Lipinski definition) is 1. The first-order valence-corrected chi connectivity index (χ1v) is 7.73. The molecule has 0 bridgehead atoms. The molecule has 0 aromatic heterocycles. The summed E-state index contributed by atoms with van der Waals surface area (Å²) in [7, 11) is 0. The van der Waals surface area contributed by atoms with Gasteiger partial charge in [-0.05, 0) is 52.2 Å². The Bertz CT molecular complexity index is 599. The summed E-state index contributed by atoms with van der Waals surface area (Å²) in [5, 5.41) is 4.21. The number of hydrogen-bond acceptors (Lipinski definition) is 1. The summed E-state index contributed by atoms with van der Waals surface area (Å²) < 4.78 is 14.6. The maximum Gasteiger partial charge on any atom is 0.147 e. The first-order valence-electron chi connectivity index (χ1n) is 6.18. The van der Waals surface area contributed by atoms with Gasteiger partial charge in [0.05, 0.1) is 21.8 Å². The third kappa shape index (κ3) is 3.46. The summed E-state index contributed by atoms with van der Waals surface area (Å²) in [4.78, 5) is 0. The van der Waals surface area contributed by atoms with Crippen LogP contribution in [0.4, 0.5) is 10.1 Å². The maximum absolute atomic E-state index is 13.9. The molecule has 0 heterocycles. The van der Waals surface area contributed by atoms with E-state index in [9.17, 15) is 4.39 Å². The van der Waals surface area contributed by atoms with Crippen LogP contribution in [0, 0.1) is 5.82 Å². The molecule has 1 unspecified atom stereocenters. The van der Waals surface area contributed by atoms with Crippen molar-refractivity contribution in [3.05, 3.63) is 62.3 Å².